The van der Waals surface area contributed by atoms with E-state index in [4.69, 9.17) is 16.1 Å². The van der Waals surface area contributed by atoms with Crippen molar-refractivity contribution < 1.29 is 17.7 Å². The van der Waals surface area contributed by atoms with Gasteiger partial charge in [-0.25, -0.2) is 0 Å². The summed E-state index contributed by atoms with van der Waals surface area (Å²) in [6.45, 7) is 3.78. The molecule has 1 N–H and O–H groups in total. The molecule has 0 saturated heterocycles. The van der Waals surface area contributed by atoms with Gasteiger partial charge in [-0.3, -0.25) is 5.32 Å². The summed E-state index contributed by atoms with van der Waals surface area (Å²) in [5.41, 5.74) is 0.402. The molecule has 2 unspecified atom stereocenters. The summed E-state index contributed by atoms with van der Waals surface area (Å²) in [6, 6.07) is 11.9. The summed E-state index contributed by atoms with van der Waals surface area (Å²) in [7, 11) is 0. The third kappa shape index (κ3) is 4.48. The van der Waals surface area contributed by atoms with Gasteiger partial charge in [-0.2, -0.15) is 18.2 Å². The van der Waals surface area contributed by atoms with Gasteiger partial charge in [0.25, 0.3) is 0 Å². The molecule has 0 aliphatic heterocycles. The van der Waals surface area contributed by atoms with Crippen molar-refractivity contribution in [3.05, 3.63) is 70.6 Å². The maximum Gasteiger partial charge on any atom is 0.416 e. The van der Waals surface area contributed by atoms with E-state index in [1.165, 1.54) is 12.1 Å². The second kappa shape index (κ2) is 7.70. The number of hydrogen-bond donors (Lipinski definition) is 1. The lowest BCUT2D eigenvalue weighted by atomic mass is 10.1. The number of benzene rings is 2. The van der Waals surface area contributed by atoms with Gasteiger partial charge in [-0.15, -0.1) is 0 Å². The van der Waals surface area contributed by atoms with E-state index in [1.807, 2.05) is 32.0 Å². The molecule has 142 valence electrons. The van der Waals surface area contributed by atoms with Crippen molar-refractivity contribution in [1.29, 1.82) is 0 Å². The molecule has 2 aromatic carbocycles. The number of rotatable bonds is 5. The van der Waals surface area contributed by atoms with Crippen LogP contribution in [0, 0.1) is 0 Å². The van der Waals surface area contributed by atoms with Crippen LogP contribution in [0.1, 0.15) is 42.9 Å². The molecule has 4 nitrogen and oxygen atoms in total. The molecule has 1 heterocycles. The highest BCUT2D eigenvalue weighted by atomic mass is 35.5. The zero-order chi connectivity index (χ0) is 19.6. The lowest BCUT2D eigenvalue weighted by molar-refractivity contribution is -0.137. The molecule has 0 fully saturated rings. The standard InChI is InChI=1S/C19H17ClF3N3O/c1-11(15-8-3-4-9-16(15)20)24-12(2)18-25-17(26-27-18)13-6-5-7-14(10-13)19(21,22)23/h3-12,24H,1-2H3. The number of alkyl halides is 3. The van der Waals surface area contributed by atoms with Crippen LogP contribution in [0.2, 0.25) is 5.02 Å². The largest absolute Gasteiger partial charge is 0.416 e. The van der Waals surface area contributed by atoms with Crippen molar-refractivity contribution in [3.8, 4) is 11.4 Å². The Balaban J connectivity index is 1.77. The molecule has 3 aromatic rings. The summed E-state index contributed by atoms with van der Waals surface area (Å²) < 4.78 is 43.8. The van der Waals surface area contributed by atoms with Crippen molar-refractivity contribution in [1.82, 2.24) is 15.5 Å². The topological polar surface area (TPSA) is 51.0 Å². The van der Waals surface area contributed by atoms with Crippen molar-refractivity contribution in [3.63, 3.8) is 0 Å². The number of nitrogens with one attached hydrogen (secondary N) is 1. The first-order chi connectivity index (χ1) is 12.8. The van der Waals surface area contributed by atoms with E-state index in [-0.39, 0.29) is 29.4 Å². The van der Waals surface area contributed by atoms with Crippen molar-refractivity contribution in [2.45, 2.75) is 32.1 Å². The van der Waals surface area contributed by atoms with Crippen LogP contribution in [0.3, 0.4) is 0 Å². The first kappa shape index (κ1) is 19.4. The van der Waals surface area contributed by atoms with Gasteiger partial charge in [-0.05, 0) is 37.6 Å². The molecule has 0 aliphatic carbocycles. The van der Waals surface area contributed by atoms with Gasteiger partial charge in [0.2, 0.25) is 11.7 Å². The molecule has 27 heavy (non-hydrogen) atoms. The van der Waals surface area contributed by atoms with Crippen LogP contribution in [-0.2, 0) is 6.18 Å². The molecule has 3 rings (SSSR count). The Morgan fingerprint density at radius 3 is 2.48 bits per heavy atom. The summed E-state index contributed by atoms with van der Waals surface area (Å²) in [5, 5.41) is 7.74. The van der Waals surface area contributed by atoms with Gasteiger partial charge in [0.05, 0.1) is 11.6 Å². The Kier molecular flexibility index (Phi) is 5.53. The fourth-order valence-corrected chi connectivity index (χ4v) is 3.02. The fourth-order valence-electron chi connectivity index (χ4n) is 2.73. The van der Waals surface area contributed by atoms with Crippen molar-refractivity contribution >= 4 is 11.6 Å². The molecular formula is C19H17ClF3N3O. The molecule has 0 amide bonds. The van der Waals surface area contributed by atoms with Gasteiger partial charge in [-0.1, -0.05) is 47.1 Å². The highest BCUT2D eigenvalue weighted by Gasteiger charge is 2.31. The van der Waals surface area contributed by atoms with Crippen LogP contribution >= 0.6 is 11.6 Å². The molecule has 1 aromatic heterocycles. The third-order valence-electron chi connectivity index (χ3n) is 4.13. The highest BCUT2D eigenvalue weighted by molar-refractivity contribution is 6.31. The second-order valence-corrected chi connectivity index (χ2v) is 6.57. The highest BCUT2D eigenvalue weighted by Crippen LogP contribution is 2.32. The SMILES string of the molecule is CC(NC(C)c1ccccc1Cl)c1nc(-c2cccc(C(F)(F)F)c2)no1. The normalized spacial score (nSPS) is 14.1. The molecule has 0 spiro atoms. The average molecular weight is 396 g/mol. The minimum Gasteiger partial charge on any atom is -0.337 e. The van der Waals surface area contributed by atoms with Gasteiger partial charge in [0.1, 0.15) is 0 Å². The Morgan fingerprint density at radius 1 is 1.04 bits per heavy atom. The summed E-state index contributed by atoms with van der Waals surface area (Å²) in [6.07, 6.45) is -4.43. The quantitative estimate of drug-likeness (QED) is 0.591. The Bertz CT molecular complexity index is 926. The van der Waals surface area contributed by atoms with E-state index < -0.39 is 11.7 Å². The molecule has 0 bridgehead atoms. The van der Waals surface area contributed by atoms with Gasteiger partial charge in [0.15, 0.2) is 0 Å². The number of hydrogen-bond acceptors (Lipinski definition) is 4. The van der Waals surface area contributed by atoms with Crippen LogP contribution in [0.15, 0.2) is 53.1 Å². The van der Waals surface area contributed by atoms with Gasteiger partial charge < -0.3 is 4.52 Å². The lowest BCUT2D eigenvalue weighted by Gasteiger charge is -2.18. The summed E-state index contributed by atoms with van der Waals surface area (Å²) in [4.78, 5) is 4.23. The van der Waals surface area contributed by atoms with Crippen LogP contribution in [0.5, 0.6) is 0 Å². The minimum absolute atomic E-state index is 0.0855. The first-order valence-electron chi connectivity index (χ1n) is 8.27. The zero-order valence-corrected chi connectivity index (χ0v) is 15.3. The maximum absolute atomic E-state index is 12.9. The average Bonchev–Trinajstić information content (AvgIpc) is 3.12. The maximum atomic E-state index is 12.9. The van der Waals surface area contributed by atoms with Gasteiger partial charge >= 0.3 is 6.18 Å². The third-order valence-corrected chi connectivity index (χ3v) is 4.48. The monoisotopic (exact) mass is 395 g/mol. The smallest absolute Gasteiger partial charge is 0.337 e. The van der Waals surface area contributed by atoms with Crippen LogP contribution in [-0.4, -0.2) is 10.1 Å². The van der Waals surface area contributed by atoms with E-state index in [9.17, 15) is 13.2 Å². The summed E-state index contributed by atoms with van der Waals surface area (Å²) in [5.74, 6) is 0.386. The molecule has 8 heteroatoms. The van der Waals surface area contributed by atoms with Crippen LogP contribution in [0.4, 0.5) is 13.2 Å². The zero-order valence-electron chi connectivity index (χ0n) is 14.6. The molecule has 2 atom stereocenters. The van der Waals surface area contributed by atoms with Crippen molar-refractivity contribution in [2.75, 3.05) is 0 Å². The van der Waals surface area contributed by atoms with E-state index in [1.54, 1.807) is 6.07 Å². The van der Waals surface area contributed by atoms with Gasteiger partial charge in [0, 0.05) is 16.6 Å². The Hall–Kier alpha value is -2.38. The lowest BCUT2D eigenvalue weighted by Crippen LogP contribution is -2.23. The fraction of sp³-hybridized carbons (Fsp3) is 0.263. The summed E-state index contributed by atoms with van der Waals surface area (Å²) >= 11 is 6.20. The molecule has 0 aliphatic rings. The van der Waals surface area contributed by atoms with Crippen molar-refractivity contribution in [2.24, 2.45) is 0 Å². The van der Waals surface area contributed by atoms with E-state index >= 15 is 0 Å². The first-order valence-corrected chi connectivity index (χ1v) is 8.65. The number of nitrogens with zero attached hydrogens (tertiary/aromatic N) is 2. The molecule has 0 saturated carbocycles. The van der Waals surface area contributed by atoms with Crippen LogP contribution in [0.25, 0.3) is 11.4 Å². The minimum atomic E-state index is -4.43. The predicted molar refractivity (Wildman–Crippen MR) is 96.2 cm³/mol. The van der Waals surface area contributed by atoms with Crippen LogP contribution < -0.4 is 5.32 Å². The predicted octanol–water partition coefficient (Wildman–Crippen LogP) is 5.82. The molecular weight excluding hydrogens is 379 g/mol. The van der Waals surface area contributed by atoms with E-state index in [2.05, 4.69) is 15.5 Å². The second-order valence-electron chi connectivity index (χ2n) is 6.17. The number of aromatic nitrogens is 2. The molecule has 0 radical (unpaired) electrons. The van der Waals surface area contributed by atoms with E-state index in [0.717, 1.165) is 17.7 Å². The Labute approximate surface area is 159 Å². The Morgan fingerprint density at radius 2 is 1.78 bits per heavy atom. The van der Waals surface area contributed by atoms with E-state index in [0.29, 0.717) is 5.02 Å². The number of halogens is 4.